The first-order valence-electron chi connectivity index (χ1n) is 13.7. The molecule has 0 bridgehead atoms. The number of aromatic nitrogens is 4. The number of hydrogen-bond acceptors (Lipinski definition) is 7. The van der Waals surface area contributed by atoms with Gasteiger partial charge in [-0.15, -0.1) is 0 Å². The van der Waals surface area contributed by atoms with Crippen molar-refractivity contribution in [1.82, 2.24) is 24.1 Å². The maximum absolute atomic E-state index is 12.5. The van der Waals surface area contributed by atoms with E-state index in [0.717, 1.165) is 48.6 Å². The average molecular weight is 547 g/mol. The summed E-state index contributed by atoms with van der Waals surface area (Å²) >= 11 is 0. The molecule has 10 heteroatoms. The molecule has 1 aliphatic rings. The van der Waals surface area contributed by atoms with Gasteiger partial charge in [0, 0.05) is 57.2 Å². The smallest absolute Gasteiger partial charge is 0.330 e. The van der Waals surface area contributed by atoms with Gasteiger partial charge in [-0.1, -0.05) is 57.2 Å². The van der Waals surface area contributed by atoms with Crippen LogP contribution in [0, 0.1) is 0 Å². The first kappa shape index (κ1) is 27.8. The Kier molecular flexibility index (Phi) is 8.20. The largest absolute Gasteiger partial charge is 0.382 e. The third-order valence-corrected chi connectivity index (χ3v) is 7.32. The molecule has 0 atom stereocenters. The standard InChI is InChI=1S/C30H38N6O4/c1-30(2,3)24-11-9-22(10-12-24)27-31-25-7-5-6-8-26(25)36(27)35-15-13-33(14-16-35)19-23-20-34(21-40-18-17-39-4)29(38)32-28(23)37/h5-12,20H,13-19,21H2,1-4H3,(H,32,37,38). The molecule has 3 heterocycles. The molecule has 1 saturated heterocycles. The lowest BCUT2D eigenvalue weighted by Gasteiger charge is -2.37. The van der Waals surface area contributed by atoms with Crippen LogP contribution in [0.2, 0.25) is 0 Å². The predicted octanol–water partition coefficient (Wildman–Crippen LogP) is 2.93. The number of H-pyrrole nitrogens is 1. The van der Waals surface area contributed by atoms with Crippen LogP contribution in [0.15, 0.2) is 64.3 Å². The van der Waals surface area contributed by atoms with Crippen LogP contribution in [0.25, 0.3) is 22.4 Å². The molecular formula is C30H38N6O4. The number of aromatic amines is 1. The summed E-state index contributed by atoms with van der Waals surface area (Å²) in [6.45, 7) is 11.0. The average Bonchev–Trinajstić information content (AvgIpc) is 3.33. The highest BCUT2D eigenvalue weighted by Gasteiger charge is 2.24. The van der Waals surface area contributed by atoms with E-state index in [2.05, 4.69) is 76.7 Å². The van der Waals surface area contributed by atoms with Crippen molar-refractivity contribution < 1.29 is 9.47 Å². The second kappa shape index (κ2) is 11.8. The molecule has 1 N–H and O–H groups in total. The summed E-state index contributed by atoms with van der Waals surface area (Å²) in [6.07, 6.45) is 1.60. The highest BCUT2D eigenvalue weighted by molar-refractivity contribution is 5.81. The minimum absolute atomic E-state index is 0.0625. The van der Waals surface area contributed by atoms with Crippen LogP contribution in [0.1, 0.15) is 31.9 Å². The molecule has 0 spiro atoms. The minimum atomic E-state index is -0.481. The summed E-state index contributed by atoms with van der Waals surface area (Å²) in [5.41, 5.74) is 4.18. The van der Waals surface area contributed by atoms with Gasteiger partial charge in [0.2, 0.25) is 0 Å². The fraction of sp³-hybridized carbons (Fsp3) is 0.433. The van der Waals surface area contributed by atoms with Gasteiger partial charge in [-0.3, -0.25) is 19.2 Å². The zero-order chi connectivity index (χ0) is 28.3. The Morgan fingerprint density at radius 3 is 2.38 bits per heavy atom. The van der Waals surface area contributed by atoms with Gasteiger partial charge < -0.3 is 14.5 Å². The van der Waals surface area contributed by atoms with E-state index in [1.807, 2.05) is 12.1 Å². The van der Waals surface area contributed by atoms with Crippen molar-refractivity contribution in [3.05, 3.63) is 86.7 Å². The summed E-state index contributed by atoms with van der Waals surface area (Å²) in [5, 5.41) is 2.33. The van der Waals surface area contributed by atoms with Gasteiger partial charge >= 0.3 is 5.69 Å². The van der Waals surface area contributed by atoms with Crippen molar-refractivity contribution in [1.29, 1.82) is 0 Å². The van der Waals surface area contributed by atoms with Crippen LogP contribution in [0.3, 0.4) is 0 Å². The molecule has 1 aliphatic heterocycles. The second-order valence-electron chi connectivity index (χ2n) is 11.2. The van der Waals surface area contributed by atoms with E-state index in [4.69, 9.17) is 14.5 Å². The quantitative estimate of drug-likeness (QED) is 0.323. The van der Waals surface area contributed by atoms with Gasteiger partial charge in [-0.05, 0) is 23.1 Å². The van der Waals surface area contributed by atoms with E-state index >= 15 is 0 Å². The number of methoxy groups -OCH3 is 1. The molecule has 40 heavy (non-hydrogen) atoms. The topological polar surface area (TPSA) is 97.6 Å². The number of benzene rings is 2. The van der Waals surface area contributed by atoms with E-state index in [1.165, 1.54) is 10.1 Å². The number of nitrogens with zero attached hydrogens (tertiary/aromatic N) is 5. The molecule has 5 rings (SSSR count). The monoisotopic (exact) mass is 546 g/mol. The lowest BCUT2D eigenvalue weighted by Crippen LogP contribution is -2.51. The Labute approximate surface area is 233 Å². The van der Waals surface area contributed by atoms with Gasteiger partial charge in [0.15, 0.2) is 5.82 Å². The highest BCUT2D eigenvalue weighted by Crippen LogP contribution is 2.29. The predicted molar refractivity (Wildman–Crippen MR) is 156 cm³/mol. The molecule has 4 aromatic rings. The van der Waals surface area contributed by atoms with Gasteiger partial charge in [-0.25, -0.2) is 14.5 Å². The number of para-hydroxylation sites is 2. The van der Waals surface area contributed by atoms with Crippen LogP contribution in [0.5, 0.6) is 0 Å². The maximum Gasteiger partial charge on any atom is 0.330 e. The zero-order valence-corrected chi connectivity index (χ0v) is 23.7. The van der Waals surface area contributed by atoms with Crippen molar-refractivity contribution in [2.75, 3.05) is 51.5 Å². The number of fused-ring (bicyclic) bond motifs is 1. The molecule has 2 aromatic carbocycles. The van der Waals surface area contributed by atoms with Crippen LogP contribution >= 0.6 is 0 Å². The Bertz CT molecular complexity index is 1560. The first-order valence-corrected chi connectivity index (χ1v) is 13.7. The van der Waals surface area contributed by atoms with Crippen molar-refractivity contribution >= 4 is 11.0 Å². The minimum Gasteiger partial charge on any atom is -0.382 e. The van der Waals surface area contributed by atoms with Crippen LogP contribution in [-0.2, 0) is 28.2 Å². The number of imidazole rings is 1. The van der Waals surface area contributed by atoms with Crippen LogP contribution < -0.4 is 16.3 Å². The summed E-state index contributed by atoms with van der Waals surface area (Å²) in [4.78, 5) is 34.4. The van der Waals surface area contributed by atoms with Crippen molar-refractivity contribution in [3.63, 3.8) is 0 Å². The first-order chi connectivity index (χ1) is 19.2. The summed E-state index contributed by atoms with van der Waals surface area (Å²) < 4.78 is 14.1. The van der Waals surface area contributed by atoms with Crippen molar-refractivity contribution in [2.24, 2.45) is 0 Å². The van der Waals surface area contributed by atoms with Gasteiger partial charge in [-0.2, -0.15) is 0 Å². The molecule has 212 valence electrons. The molecule has 0 saturated carbocycles. The summed E-state index contributed by atoms with van der Waals surface area (Å²) in [6, 6.07) is 16.9. The molecule has 10 nitrogen and oxygen atoms in total. The fourth-order valence-corrected chi connectivity index (χ4v) is 5.01. The maximum atomic E-state index is 12.5. The molecule has 0 unspecified atom stereocenters. The van der Waals surface area contributed by atoms with Gasteiger partial charge in [0.25, 0.3) is 5.56 Å². The number of rotatable bonds is 9. The summed E-state index contributed by atoms with van der Waals surface area (Å²) in [7, 11) is 1.59. The Morgan fingerprint density at radius 1 is 0.950 bits per heavy atom. The molecular weight excluding hydrogens is 508 g/mol. The van der Waals surface area contributed by atoms with Crippen LogP contribution in [0.4, 0.5) is 0 Å². The molecule has 0 amide bonds. The molecule has 1 fully saturated rings. The van der Waals surface area contributed by atoms with Gasteiger partial charge in [0.05, 0.1) is 24.2 Å². The second-order valence-corrected chi connectivity index (χ2v) is 11.2. The van der Waals surface area contributed by atoms with E-state index in [9.17, 15) is 9.59 Å². The van der Waals surface area contributed by atoms with Crippen LogP contribution in [-0.4, -0.2) is 70.6 Å². The summed E-state index contributed by atoms with van der Waals surface area (Å²) in [5.74, 6) is 0.923. The lowest BCUT2D eigenvalue weighted by molar-refractivity contribution is 0.0318. The van der Waals surface area contributed by atoms with Crippen molar-refractivity contribution in [2.45, 2.75) is 39.5 Å². The van der Waals surface area contributed by atoms with E-state index < -0.39 is 5.69 Å². The number of ether oxygens (including phenoxy) is 2. The Hall–Kier alpha value is -3.73. The normalized spacial score (nSPS) is 14.8. The van der Waals surface area contributed by atoms with Crippen molar-refractivity contribution in [3.8, 4) is 11.4 Å². The highest BCUT2D eigenvalue weighted by atomic mass is 16.5. The Morgan fingerprint density at radius 2 is 1.68 bits per heavy atom. The zero-order valence-electron chi connectivity index (χ0n) is 23.7. The molecule has 0 aliphatic carbocycles. The third kappa shape index (κ3) is 6.04. The van der Waals surface area contributed by atoms with E-state index in [-0.39, 0.29) is 17.7 Å². The van der Waals surface area contributed by atoms with E-state index in [1.54, 1.807) is 13.3 Å². The fourth-order valence-electron chi connectivity index (χ4n) is 5.01. The number of hydrogen-bond donors (Lipinski definition) is 1. The Balaban J connectivity index is 1.33. The lowest BCUT2D eigenvalue weighted by atomic mass is 9.87. The van der Waals surface area contributed by atoms with E-state index in [0.29, 0.717) is 25.3 Å². The molecule has 2 aromatic heterocycles. The third-order valence-electron chi connectivity index (χ3n) is 7.32. The SMILES string of the molecule is COCCOCn1cc(CN2CCN(n3c(-c4ccc(C(C)(C)C)cc4)nc4ccccc43)CC2)c(=O)[nH]c1=O. The molecule has 0 radical (unpaired) electrons. The van der Waals surface area contributed by atoms with Gasteiger partial charge in [0.1, 0.15) is 6.73 Å². The number of nitrogens with one attached hydrogen (secondary N) is 1. The number of piperazine rings is 1.